The first-order valence-corrected chi connectivity index (χ1v) is 6.87. The molecule has 1 heterocycles. The zero-order chi connectivity index (χ0) is 14.0. The number of nitrogens with zero attached hydrogens (tertiary/aromatic N) is 1. The summed E-state index contributed by atoms with van der Waals surface area (Å²) in [5, 5.41) is 0.241. The fourth-order valence-electron chi connectivity index (χ4n) is 1.69. The van der Waals surface area contributed by atoms with Crippen molar-refractivity contribution in [2.75, 3.05) is 19.5 Å². The Morgan fingerprint density at radius 1 is 1.37 bits per heavy atom. The summed E-state index contributed by atoms with van der Waals surface area (Å²) in [4.78, 5) is 23.5. The van der Waals surface area contributed by atoms with Gasteiger partial charge in [-0.2, -0.15) is 0 Å². The fraction of sp³-hybridized carbons (Fsp3) is 0.333. The molecule has 0 bridgehead atoms. The SMILES string of the molecule is COCCS(=O)c1ccc2c(c1)c(=O)oc(=O)n2C. The molecule has 2 aromatic rings. The van der Waals surface area contributed by atoms with Gasteiger partial charge in [0.1, 0.15) is 0 Å². The second-order valence-corrected chi connectivity index (χ2v) is 5.51. The summed E-state index contributed by atoms with van der Waals surface area (Å²) >= 11 is 0. The number of ether oxygens (including phenoxy) is 1. The second-order valence-electron chi connectivity index (χ2n) is 3.94. The number of hydrogen-bond acceptors (Lipinski definition) is 5. The molecule has 0 fully saturated rings. The van der Waals surface area contributed by atoms with E-state index in [9.17, 15) is 13.8 Å². The molecule has 102 valence electrons. The number of methoxy groups -OCH3 is 1. The molecule has 0 saturated carbocycles. The molecule has 1 unspecified atom stereocenters. The first kappa shape index (κ1) is 13.7. The van der Waals surface area contributed by atoms with Crippen molar-refractivity contribution in [1.29, 1.82) is 0 Å². The molecular weight excluding hydrogens is 270 g/mol. The standard InChI is InChI=1S/C12H13NO5S/c1-13-10-4-3-8(19(16)6-5-17-2)7-9(10)11(14)18-12(13)15/h3-4,7H,5-6H2,1-2H3. The highest BCUT2D eigenvalue weighted by Crippen LogP contribution is 2.14. The summed E-state index contributed by atoms with van der Waals surface area (Å²) in [6.07, 6.45) is 0. The van der Waals surface area contributed by atoms with Gasteiger partial charge in [-0.05, 0) is 18.2 Å². The van der Waals surface area contributed by atoms with E-state index in [-0.39, 0.29) is 5.39 Å². The van der Waals surface area contributed by atoms with Crippen molar-refractivity contribution in [2.24, 2.45) is 7.05 Å². The molecule has 0 aliphatic carbocycles. The summed E-state index contributed by atoms with van der Waals surface area (Å²) in [5.74, 6) is -0.371. The lowest BCUT2D eigenvalue weighted by Crippen LogP contribution is -2.22. The number of hydrogen-bond donors (Lipinski definition) is 0. The largest absolute Gasteiger partial charge is 0.422 e. The van der Waals surface area contributed by atoms with Gasteiger partial charge in [-0.15, -0.1) is 0 Å². The molecule has 2 rings (SSSR count). The van der Waals surface area contributed by atoms with E-state index >= 15 is 0 Å². The van der Waals surface area contributed by atoms with Crippen LogP contribution in [0.1, 0.15) is 0 Å². The minimum absolute atomic E-state index is 0.241. The molecule has 0 spiro atoms. The molecule has 7 heteroatoms. The summed E-state index contributed by atoms with van der Waals surface area (Å²) in [6, 6.07) is 4.72. The van der Waals surface area contributed by atoms with E-state index in [4.69, 9.17) is 4.74 Å². The summed E-state index contributed by atoms with van der Waals surface area (Å²) in [6.45, 7) is 0.368. The van der Waals surface area contributed by atoms with Gasteiger partial charge in [-0.3, -0.25) is 8.78 Å². The van der Waals surface area contributed by atoms with Crippen LogP contribution in [0.5, 0.6) is 0 Å². The lowest BCUT2D eigenvalue weighted by atomic mass is 10.2. The molecule has 0 saturated heterocycles. The van der Waals surface area contributed by atoms with Crippen LogP contribution < -0.4 is 11.4 Å². The van der Waals surface area contributed by atoms with Crippen LogP contribution in [-0.2, 0) is 22.6 Å². The van der Waals surface area contributed by atoms with Gasteiger partial charge in [0.05, 0.1) is 34.1 Å². The highest BCUT2D eigenvalue weighted by Gasteiger charge is 2.10. The van der Waals surface area contributed by atoms with Crippen molar-refractivity contribution in [1.82, 2.24) is 4.57 Å². The molecule has 1 aromatic carbocycles. The Hall–Kier alpha value is -1.73. The molecular formula is C12H13NO5S. The summed E-state index contributed by atoms with van der Waals surface area (Å²) in [5.41, 5.74) is -0.266. The second kappa shape index (κ2) is 5.50. The average Bonchev–Trinajstić information content (AvgIpc) is 2.41. The number of aromatic nitrogens is 1. The van der Waals surface area contributed by atoms with Crippen LogP contribution in [0.3, 0.4) is 0 Å². The maximum Gasteiger partial charge on any atom is 0.422 e. The average molecular weight is 283 g/mol. The Kier molecular flexibility index (Phi) is 3.96. The van der Waals surface area contributed by atoms with Gasteiger partial charge < -0.3 is 9.15 Å². The summed E-state index contributed by atoms with van der Waals surface area (Å²) in [7, 11) is 1.79. The Morgan fingerprint density at radius 2 is 2.11 bits per heavy atom. The number of aryl methyl sites for hydroxylation is 1. The highest BCUT2D eigenvalue weighted by atomic mass is 32.2. The first-order valence-electron chi connectivity index (χ1n) is 5.56. The molecule has 0 aliphatic heterocycles. The molecule has 0 radical (unpaired) electrons. The van der Waals surface area contributed by atoms with Gasteiger partial charge in [-0.1, -0.05) is 0 Å². The molecule has 1 aromatic heterocycles. The fourth-order valence-corrected chi connectivity index (χ4v) is 2.71. The van der Waals surface area contributed by atoms with Crippen LogP contribution in [0.4, 0.5) is 0 Å². The van der Waals surface area contributed by atoms with Crippen LogP contribution in [0, 0.1) is 0 Å². The van der Waals surface area contributed by atoms with E-state index in [1.54, 1.807) is 12.1 Å². The van der Waals surface area contributed by atoms with Crippen molar-refractivity contribution in [3.8, 4) is 0 Å². The molecule has 0 aliphatic rings. The third-order valence-electron chi connectivity index (χ3n) is 2.74. The number of fused-ring (bicyclic) bond motifs is 1. The molecule has 6 nitrogen and oxygen atoms in total. The Bertz CT molecular complexity index is 746. The normalized spacial score (nSPS) is 12.7. The maximum atomic E-state index is 11.9. The first-order chi connectivity index (χ1) is 9.04. The maximum absolute atomic E-state index is 11.9. The van der Waals surface area contributed by atoms with E-state index in [1.165, 1.54) is 24.8 Å². The lowest BCUT2D eigenvalue weighted by Gasteiger charge is -2.05. The van der Waals surface area contributed by atoms with Crippen molar-refractivity contribution in [2.45, 2.75) is 4.90 Å². The Balaban J connectivity index is 2.56. The molecule has 19 heavy (non-hydrogen) atoms. The van der Waals surface area contributed by atoms with Gasteiger partial charge in [-0.25, -0.2) is 9.59 Å². The van der Waals surface area contributed by atoms with Crippen molar-refractivity contribution in [3.63, 3.8) is 0 Å². The smallest absolute Gasteiger partial charge is 0.384 e. The Labute approximate surface area is 111 Å². The monoisotopic (exact) mass is 283 g/mol. The predicted octanol–water partition coefficient (Wildman–Crippen LogP) is 0.246. The van der Waals surface area contributed by atoms with E-state index < -0.39 is 22.2 Å². The van der Waals surface area contributed by atoms with Gasteiger partial charge >= 0.3 is 11.4 Å². The topological polar surface area (TPSA) is 78.5 Å². The Morgan fingerprint density at radius 3 is 2.79 bits per heavy atom. The lowest BCUT2D eigenvalue weighted by molar-refractivity contribution is 0.218. The quantitative estimate of drug-likeness (QED) is 0.803. The van der Waals surface area contributed by atoms with E-state index in [2.05, 4.69) is 4.42 Å². The van der Waals surface area contributed by atoms with E-state index in [1.807, 2.05) is 0 Å². The van der Waals surface area contributed by atoms with E-state index in [0.29, 0.717) is 22.8 Å². The van der Waals surface area contributed by atoms with Crippen LogP contribution in [0.2, 0.25) is 0 Å². The third kappa shape index (κ3) is 2.66. The minimum Gasteiger partial charge on any atom is -0.384 e. The van der Waals surface area contributed by atoms with Gasteiger partial charge in [0.25, 0.3) is 0 Å². The zero-order valence-electron chi connectivity index (χ0n) is 10.5. The van der Waals surface area contributed by atoms with Crippen LogP contribution in [0.15, 0.2) is 37.1 Å². The molecule has 1 atom stereocenters. The molecule has 0 N–H and O–H groups in total. The van der Waals surface area contributed by atoms with Crippen LogP contribution >= 0.6 is 0 Å². The highest BCUT2D eigenvalue weighted by molar-refractivity contribution is 7.85. The van der Waals surface area contributed by atoms with Crippen molar-refractivity contribution in [3.05, 3.63) is 39.2 Å². The van der Waals surface area contributed by atoms with E-state index in [0.717, 1.165) is 0 Å². The van der Waals surface area contributed by atoms with Crippen LogP contribution in [-0.4, -0.2) is 28.2 Å². The number of benzene rings is 1. The van der Waals surface area contributed by atoms with Crippen molar-refractivity contribution < 1.29 is 13.4 Å². The van der Waals surface area contributed by atoms with Crippen molar-refractivity contribution >= 4 is 21.7 Å². The minimum atomic E-state index is -1.25. The van der Waals surface area contributed by atoms with Crippen LogP contribution in [0.25, 0.3) is 10.9 Å². The zero-order valence-corrected chi connectivity index (χ0v) is 11.4. The summed E-state index contributed by atoms with van der Waals surface area (Å²) < 4.78 is 22.6. The van der Waals surface area contributed by atoms with Gasteiger partial charge in [0, 0.05) is 19.1 Å². The van der Waals surface area contributed by atoms with Gasteiger partial charge in [0.2, 0.25) is 0 Å². The number of rotatable bonds is 4. The predicted molar refractivity (Wildman–Crippen MR) is 70.9 cm³/mol. The third-order valence-corrected chi connectivity index (χ3v) is 4.06. The van der Waals surface area contributed by atoms with Gasteiger partial charge in [0.15, 0.2) is 0 Å². The molecule has 0 amide bonds.